The topological polar surface area (TPSA) is 37.3 Å². The van der Waals surface area contributed by atoms with Crippen molar-refractivity contribution in [1.82, 2.24) is 0 Å². The zero-order chi connectivity index (χ0) is 13.2. The van der Waals surface area contributed by atoms with Crippen LogP contribution in [0.5, 0.6) is 0 Å². The third-order valence-electron chi connectivity index (χ3n) is 3.98. The van der Waals surface area contributed by atoms with E-state index in [4.69, 9.17) is 0 Å². The van der Waals surface area contributed by atoms with E-state index in [1.54, 1.807) is 0 Å². The Hall–Kier alpha value is -0.790. The summed E-state index contributed by atoms with van der Waals surface area (Å²) in [6, 6.07) is 0. The van der Waals surface area contributed by atoms with Crippen LogP contribution in [0.4, 0.5) is 0 Å². The second-order valence-corrected chi connectivity index (χ2v) is 5.45. The first-order valence-electron chi connectivity index (χ1n) is 7.67. The van der Waals surface area contributed by atoms with Crippen molar-refractivity contribution < 1.29 is 9.90 Å². The summed E-state index contributed by atoms with van der Waals surface area (Å²) in [5.41, 5.74) is 1.19. The molecule has 1 unspecified atom stereocenters. The molecule has 0 heterocycles. The molecule has 2 heteroatoms. The first-order chi connectivity index (χ1) is 8.75. The zero-order valence-corrected chi connectivity index (χ0v) is 11.8. The van der Waals surface area contributed by atoms with Crippen LogP contribution in [0.25, 0.3) is 0 Å². The highest BCUT2D eigenvalue weighted by atomic mass is 16.4. The monoisotopic (exact) mass is 252 g/mol. The number of aliphatic carboxylic acids is 1. The van der Waals surface area contributed by atoms with Gasteiger partial charge in [-0.1, -0.05) is 57.1 Å². The average molecular weight is 252 g/mol. The number of carboxylic acid groups (broad SMARTS) is 1. The molecule has 0 saturated carbocycles. The van der Waals surface area contributed by atoms with Crippen molar-refractivity contribution in [2.45, 2.75) is 77.6 Å². The molecule has 0 bridgehead atoms. The largest absolute Gasteiger partial charge is 0.481 e. The summed E-state index contributed by atoms with van der Waals surface area (Å²) < 4.78 is 0. The fourth-order valence-electron chi connectivity index (χ4n) is 2.84. The van der Waals surface area contributed by atoms with E-state index in [9.17, 15) is 9.90 Å². The Bertz CT molecular complexity index is 268. The number of hydrogen-bond donors (Lipinski definition) is 1. The summed E-state index contributed by atoms with van der Waals surface area (Å²) in [7, 11) is 0. The molecule has 0 aromatic carbocycles. The van der Waals surface area contributed by atoms with Gasteiger partial charge in [0.05, 0.1) is 5.92 Å². The van der Waals surface area contributed by atoms with Gasteiger partial charge in [0.15, 0.2) is 0 Å². The molecule has 0 amide bonds. The molecule has 1 N–H and O–H groups in total. The number of carbonyl (C=O) groups is 1. The lowest BCUT2D eigenvalue weighted by molar-refractivity contribution is -0.140. The molecular weight excluding hydrogens is 224 g/mol. The first-order valence-corrected chi connectivity index (χ1v) is 7.67. The summed E-state index contributed by atoms with van der Waals surface area (Å²) in [4.78, 5) is 11.3. The van der Waals surface area contributed by atoms with E-state index >= 15 is 0 Å². The predicted molar refractivity (Wildman–Crippen MR) is 75.7 cm³/mol. The molecule has 1 rings (SSSR count). The molecule has 104 valence electrons. The maximum atomic E-state index is 11.3. The van der Waals surface area contributed by atoms with E-state index in [0.29, 0.717) is 0 Å². The number of rotatable bonds is 3. The van der Waals surface area contributed by atoms with Gasteiger partial charge in [0, 0.05) is 0 Å². The second-order valence-electron chi connectivity index (χ2n) is 5.45. The van der Waals surface area contributed by atoms with E-state index in [-0.39, 0.29) is 5.92 Å². The first kappa shape index (κ1) is 15.3. The van der Waals surface area contributed by atoms with Crippen LogP contribution in [0, 0.1) is 5.92 Å². The lowest BCUT2D eigenvalue weighted by atomic mass is 9.90. The van der Waals surface area contributed by atoms with E-state index in [0.717, 1.165) is 25.7 Å². The molecule has 1 aliphatic rings. The van der Waals surface area contributed by atoms with E-state index in [1.807, 2.05) is 6.92 Å². The molecule has 0 spiro atoms. The molecule has 1 aliphatic carbocycles. The van der Waals surface area contributed by atoms with Gasteiger partial charge in [0.1, 0.15) is 0 Å². The highest BCUT2D eigenvalue weighted by Crippen LogP contribution is 2.24. The SMILES string of the molecule is CCC(C(=O)O)/C1=C\CCCCCCCCCC1. The fraction of sp³-hybridized carbons (Fsp3) is 0.812. The van der Waals surface area contributed by atoms with Gasteiger partial charge in [-0.05, 0) is 32.1 Å². The minimum absolute atomic E-state index is 0.243. The van der Waals surface area contributed by atoms with Crippen LogP contribution >= 0.6 is 0 Å². The summed E-state index contributed by atoms with van der Waals surface area (Å²) >= 11 is 0. The van der Waals surface area contributed by atoms with Gasteiger partial charge in [-0.2, -0.15) is 0 Å². The average Bonchev–Trinajstić information content (AvgIpc) is 2.32. The molecule has 0 aliphatic heterocycles. The minimum atomic E-state index is -0.643. The summed E-state index contributed by atoms with van der Waals surface area (Å²) in [5, 5.41) is 9.27. The van der Waals surface area contributed by atoms with Crippen LogP contribution in [0.2, 0.25) is 0 Å². The Labute approximate surface area is 111 Å². The second kappa shape index (κ2) is 9.18. The van der Waals surface area contributed by atoms with Gasteiger partial charge >= 0.3 is 5.97 Å². The molecular formula is C16H28O2. The van der Waals surface area contributed by atoms with Crippen molar-refractivity contribution >= 4 is 5.97 Å². The summed E-state index contributed by atoms with van der Waals surface area (Å²) in [6.45, 7) is 1.98. The Morgan fingerprint density at radius 2 is 1.67 bits per heavy atom. The van der Waals surface area contributed by atoms with Crippen LogP contribution in [0.1, 0.15) is 77.6 Å². The van der Waals surface area contributed by atoms with Gasteiger partial charge in [-0.3, -0.25) is 4.79 Å². The Morgan fingerprint density at radius 3 is 2.22 bits per heavy atom. The zero-order valence-electron chi connectivity index (χ0n) is 11.8. The lowest BCUT2D eigenvalue weighted by Crippen LogP contribution is -2.15. The molecule has 0 aromatic rings. The van der Waals surface area contributed by atoms with Crippen LogP contribution in [-0.2, 0) is 4.79 Å². The molecule has 0 aromatic heterocycles. The van der Waals surface area contributed by atoms with E-state index in [1.165, 1.54) is 50.5 Å². The van der Waals surface area contributed by atoms with Crippen molar-refractivity contribution in [3.05, 3.63) is 11.6 Å². The van der Waals surface area contributed by atoms with Gasteiger partial charge in [-0.25, -0.2) is 0 Å². The molecule has 1 atom stereocenters. The Morgan fingerprint density at radius 1 is 1.11 bits per heavy atom. The predicted octanol–water partition coefficient (Wildman–Crippen LogP) is 4.94. The normalized spacial score (nSPS) is 24.2. The molecule has 18 heavy (non-hydrogen) atoms. The standard InChI is InChI=1S/C16H28O2/c1-2-15(16(17)18)14-12-10-8-6-4-3-5-7-9-11-13-14/h12,15H,2-11,13H2,1H3,(H,17,18)/b14-12-. The molecule has 0 radical (unpaired) electrons. The van der Waals surface area contributed by atoms with Gasteiger partial charge < -0.3 is 5.11 Å². The van der Waals surface area contributed by atoms with Crippen molar-refractivity contribution in [1.29, 1.82) is 0 Å². The Balaban J connectivity index is 2.60. The van der Waals surface area contributed by atoms with Gasteiger partial charge in [0.25, 0.3) is 0 Å². The van der Waals surface area contributed by atoms with Gasteiger partial charge in [-0.15, -0.1) is 0 Å². The van der Waals surface area contributed by atoms with E-state index in [2.05, 4.69) is 6.08 Å². The van der Waals surface area contributed by atoms with Gasteiger partial charge in [0.2, 0.25) is 0 Å². The molecule has 2 nitrogen and oxygen atoms in total. The summed E-state index contributed by atoms with van der Waals surface area (Å²) in [5.74, 6) is -0.885. The van der Waals surface area contributed by atoms with Crippen LogP contribution in [0.3, 0.4) is 0 Å². The maximum absolute atomic E-state index is 11.3. The van der Waals surface area contributed by atoms with Crippen LogP contribution in [0.15, 0.2) is 11.6 Å². The highest BCUT2D eigenvalue weighted by molar-refractivity contribution is 5.73. The van der Waals surface area contributed by atoms with Crippen molar-refractivity contribution in [3.63, 3.8) is 0 Å². The number of hydrogen-bond acceptors (Lipinski definition) is 1. The Kier molecular flexibility index (Phi) is 7.79. The number of allylic oxidation sites excluding steroid dienone is 1. The van der Waals surface area contributed by atoms with Crippen molar-refractivity contribution in [3.8, 4) is 0 Å². The third-order valence-corrected chi connectivity index (χ3v) is 3.98. The quantitative estimate of drug-likeness (QED) is 0.722. The maximum Gasteiger partial charge on any atom is 0.310 e. The van der Waals surface area contributed by atoms with Crippen LogP contribution < -0.4 is 0 Å². The van der Waals surface area contributed by atoms with Crippen LogP contribution in [-0.4, -0.2) is 11.1 Å². The third kappa shape index (κ3) is 5.70. The number of carboxylic acids is 1. The van der Waals surface area contributed by atoms with Crippen molar-refractivity contribution in [2.24, 2.45) is 5.92 Å². The molecule has 0 saturated heterocycles. The lowest BCUT2D eigenvalue weighted by Gasteiger charge is -2.16. The minimum Gasteiger partial charge on any atom is -0.481 e. The van der Waals surface area contributed by atoms with Crippen molar-refractivity contribution in [2.75, 3.05) is 0 Å². The fourth-order valence-corrected chi connectivity index (χ4v) is 2.84. The summed E-state index contributed by atoms with van der Waals surface area (Å²) in [6.07, 6.45) is 15.3. The highest BCUT2D eigenvalue weighted by Gasteiger charge is 2.19. The molecule has 0 fully saturated rings. The smallest absolute Gasteiger partial charge is 0.310 e. The van der Waals surface area contributed by atoms with E-state index < -0.39 is 5.97 Å².